The SMILES string of the molecule is CC(C)NC(=O)CNC(C)c1cc(F)cc(F)c1. The van der Waals surface area contributed by atoms with Gasteiger partial charge in [0.05, 0.1) is 6.54 Å². The van der Waals surface area contributed by atoms with Gasteiger partial charge in [-0.1, -0.05) is 0 Å². The fourth-order valence-corrected chi connectivity index (χ4v) is 1.56. The molecule has 0 fully saturated rings. The van der Waals surface area contributed by atoms with Crippen molar-refractivity contribution in [2.75, 3.05) is 6.54 Å². The zero-order chi connectivity index (χ0) is 13.7. The predicted molar refractivity (Wildman–Crippen MR) is 66.1 cm³/mol. The molecular weight excluding hydrogens is 238 g/mol. The Balaban J connectivity index is 2.54. The van der Waals surface area contributed by atoms with E-state index in [1.165, 1.54) is 12.1 Å². The summed E-state index contributed by atoms with van der Waals surface area (Å²) in [5.41, 5.74) is 0.477. The largest absolute Gasteiger partial charge is 0.353 e. The monoisotopic (exact) mass is 256 g/mol. The Bertz CT molecular complexity index is 401. The van der Waals surface area contributed by atoms with Gasteiger partial charge in [0.15, 0.2) is 0 Å². The average Bonchev–Trinajstić information content (AvgIpc) is 2.23. The van der Waals surface area contributed by atoms with Crippen LogP contribution in [-0.4, -0.2) is 18.5 Å². The Kier molecular flexibility index (Phi) is 5.22. The molecule has 0 heterocycles. The van der Waals surface area contributed by atoms with Crippen LogP contribution in [0.25, 0.3) is 0 Å². The molecule has 0 aliphatic rings. The van der Waals surface area contributed by atoms with E-state index in [1.807, 2.05) is 13.8 Å². The highest BCUT2D eigenvalue weighted by atomic mass is 19.1. The van der Waals surface area contributed by atoms with E-state index >= 15 is 0 Å². The van der Waals surface area contributed by atoms with E-state index < -0.39 is 11.6 Å². The fraction of sp³-hybridized carbons (Fsp3) is 0.462. The molecule has 1 atom stereocenters. The van der Waals surface area contributed by atoms with Crippen molar-refractivity contribution >= 4 is 5.91 Å². The molecule has 1 amide bonds. The molecule has 0 saturated carbocycles. The Morgan fingerprint density at radius 1 is 1.17 bits per heavy atom. The zero-order valence-electron chi connectivity index (χ0n) is 10.8. The van der Waals surface area contributed by atoms with Gasteiger partial charge in [-0.05, 0) is 38.5 Å². The number of rotatable bonds is 5. The summed E-state index contributed by atoms with van der Waals surface area (Å²) in [7, 11) is 0. The van der Waals surface area contributed by atoms with Crippen LogP contribution in [0.15, 0.2) is 18.2 Å². The second-order valence-electron chi connectivity index (χ2n) is 4.53. The highest BCUT2D eigenvalue weighted by Crippen LogP contribution is 2.15. The van der Waals surface area contributed by atoms with Crippen molar-refractivity contribution in [3.05, 3.63) is 35.4 Å². The van der Waals surface area contributed by atoms with Crippen molar-refractivity contribution < 1.29 is 13.6 Å². The van der Waals surface area contributed by atoms with Crippen molar-refractivity contribution in [3.8, 4) is 0 Å². The number of benzene rings is 1. The maximum atomic E-state index is 13.0. The minimum absolute atomic E-state index is 0.0706. The number of nitrogens with one attached hydrogen (secondary N) is 2. The summed E-state index contributed by atoms with van der Waals surface area (Å²) in [6, 6.07) is 3.10. The molecular formula is C13H18F2N2O. The van der Waals surface area contributed by atoms with Gasteiger partial charge in [0.1, 0.15) is 11.6 Å². The van der Waals surface area contributed by atoms with Gasteiger partial charge in [0, 0.05) is 18.2 Å². The van der Waals surface area contributed by atoms with Crippen molar-refractivity contribution in [1.29, 1.82) is 0 Å². The molecule has 1 aromatic rings. The van der Waals surface area contributed by atoms with E-state index in [1.54, 1.807) is 6.92 Å². The Morgan fingerprint density at radius 2 is 1.72 bits per heavy atom. The van der Waals surface area contributed by atoms with Crippen LogP contribution in [-0.2, 0) is 4.79 Å². The van der Waals surface area contributed by atoms with Crippen LogP contribution in [0.3, 0.4) is 0 Å². The van der Waals surface area contributed by atoms with Crippen LogP contribution in [0.2, 0.25) is 0 Å². The fourth-order valence-electron chi connectivity index (χ4n) is 1.56. The van der Waals surface area contributed by atoms with E-state index in [0.717, 1.165) is 6.07 Å². The molecule has 18 heavy (non-hydrogen) atoms. The van der Waals surface area contributed by atoms with E-state index in [4.69, 9.17) is 0 Å². The van der Waals surface area contributed by atoms with Crippen molar-refractivity contribution in [2.24, 2.45) is 0 Å². The first-order valence-corrected chi connectivity index (χ1v) is 5.87. The average molecular weight is 256 g/mol. The minimum atomic E-state index is -0.620. The highest BCUT2D eigenvalue weighted by Gasteiger charge is 2.10. The molecule has 1 unspecified atom stereocenters. The van der Waals surface area contributed by atoms with Gasteiger partial charge in [-0.2, -0.15) is 0 Å². The Morgan fingerprint density at radius 3 is 2.22 bits per heavy atom. The lowest BCUT2D eigenvalue weighted by Crippen LogP contribution is -2.38. The third-order valence-electron chi connectivity index (χ3n) is 2.40. The Labute approximate surface area is 106 Å². The lowest BCUT2D eigenvalue weighted by molar-refractivity contribution is -0.120. The van der Waals surface area contributed by atoms with Crippen molar-refractivity contribution in [2.45, 2.75) is 32.9 Å². The molecule has 3 nitrogen and oxygen atoms in total. The lowest BCUT2D eigenvalue weighted by Gasteiger charge is -2.15. The zero-order valence-corrected chi connectivity index (χ0v) is 10.8. The number of carbonyl (C=O) groups excluding carboxylic acids is 1. The molecule has 0 bridgehead atoms. The van der Waals surface area contributed by atoms with Gasteiger partial charge >= 0.3 is 0 Å². The third-order valence-corrected chi connectivity index (χ3v) is 2.40. The van der Waals surface area contributed by atoms with Crippen molar-refractivity contribution in [1.82, 2.24) is 10.6 Å². The van der Waals surface area contributed by atoms with Crippen LogP contribution in [0.1, 0.15) is 32.4 Å². The first-order valence-electron chi connectivity index (χ1n) is 5.87. The van der Waals surface area contributed by atoms with Gasteiger partial charge in [-0.15, -0.1) is 0 Å². The van der Waals surface area contributed by atoms with Crippen LogP contribution in [0.4, 0.5) is 8.78 Å². The summed E-state index contributed by atoms with van der Waals surface area (Å²) in [6.07, 6.45) is 0. The lowest BCUT2D eigenvalue weighted by atomic mass is 10.1. The Hall–Kier alpha value is -1.49. The number of carbonyl (C=O) groups is 1. The smallest absolute Gasteiger partial charge is 0.234 e. The summed E-state index contributed by atoms with van der Waals surface area (Å²) in [5.74, 6) is -1.38. The molecule has 2 N–H and O–H groups in total. The summed E-state index contributed by atoms with van der Waals surface area (Å²) in [6.45, 7) is 5.58. The number of hydrogen-bond acceptors (Lipinski definition) is 2. The highest BCUT2D eigenvalue weighted by molar-refractivity contribution is 5.78. The molecule has 0 spiro atoms. The normalized spacial score (nSPS) is 12.6. The summed E-state index contributed by atoms with van der Waals surface area (Å²) >= 11 is 0. The van der Waals surface area contributed by atoms with E-state index in [-0.39, 0.29) is 24.5 Å². The van der Waals surface area contributed by atoms with Crippen molar-refractivity contribution in [3.63, 3.8) is 0 Å². The first-order chi connectivity index (χ1) is 8.38. The van der Waals surface area contributed by atoms with Gasteiger partial charge in [0.2, 0.25) is 5.91 Å². The van der Waals surface area contributed by atoms with Gasteiger partial charge < -0.3 is 10.6 Å². The van der Waals surface area contributed by atoms with Gasteiger partial charge in [0.25, 0.3) is 0 Å². The molecule has 1 rings (SSSR count). The third kappa shape index (κ3) is 4.79. The maximum Gasteiger partial charge on any atom is 0.234 e. The quantitative estimate of drug-likeness (QED) is 0.847. The molecule has 0 aliphatic heterocycles. The molecule has 1 aromatic carbocycles. The van der Waals surface area contributed by atoms with E-state index in [2.05, 4.69) is 10.6 Å². The first kappa shape index (κ1) is 14.6. The number of halogens is 2. The summed E-state index contributed by atoms with van der Waals surface area (Å²) < 4.78 is 26.0. The molecule has 5 heteroatoms. The number of amides is 1. The topological polar surface area (TPSA) is 41.1 Å². The summed E-state index contributed by atoms with van der Waals surface area (Å²) in [4.78, 5) is 11.4. The van der Waals surface area contributed by atoms with E-state index in [0.29, 0.717) is 5.56 Å². The second kappa shape index (κ2) is 6.44. The van der Waals surface area contributed by atoms with Gasteiger partial charge in [-0.25, -0.2) is 8.78 Å². The number of hydrogen-bond donors (Lipinski definition) is 2. The molecule has 0 aromatic heterocycles. The molecule has 0 saturated heterocycles. The van der Waals surface area contributed by atoms with E-state index in [9.17, 15) is 13.6 Å². The predicted octanol–water partition coefficient (Wildman–Crippen LogP) is 2.14. The van der Waals surface area contributed by atoms with Crippen LogP contribution >= 0.6 is 0 Å². The van der Waals surface area contributed by atoms with Crippen LogP contribution in [0.5, 0.6) is 0 Å². The second-order valence-corrected chi connectivity index (χ2v) is 4.53. The standard InChI is InChI=1S/C13H18F2N2O/c1-8(2)17-13(18)7-16-9(3)10-4-11(14)6-12(15)5-10/h4-6,8-9,16H,7H2,1-3H3,(H,17,18). The van der Waals surface area contributed by atoms with Crippen LogP contribution in [0, 0.1) is 11.6 Å². The molecule has 0 aliphatic carbocycles. The maximum absolute atomic E-state index is 13.0. The van der Waals surface area contributed by atoms with Crippen LogP contribution < -0.4 is 10.6 Å². The molecule has 0 radical (unpaired) electrons. The minimum Gasteiger partial charge on any atom is -0.353 e. The molecule has 100 valence electrons. The van der Waals surface area contributed by atoms with Gasteiger partial charge in [-0.3, -0.25) is 4.79 Å². The summed E-state index contributed by atoms with van der Waals surface area (Å²) in [5, 5.41) is 5.64.